The van der Waals surface area contributed by atoms with Crippen molar-refractivity contribution in [2.45, 2.75) is 147 Å². The van der Waals surface area contributed by atoms with E-state index in [1.54, 1.807) is 69.3 Å². The van der Waals surface area contributed by atoms with E-state index in [1.807, 2.05) is 0 Å². The second-order valence-electron chi connectivity index (χ2n) is 20.0. The Bertz CT molecular complexity index is 2300. The number of aliphatic hydroxyl groups excluding tert-OH is 2. The third-order valence-corrected chi connectivity index (χ3v) is 14.4. The van der Waals surface area contributed by atoms with Crippen molar-refractivity contribution in [3.63, 3.8) is 0 Å². The largest absolute Gasteiger partial charge is 0.455 e. The molecule has 1 saturated heterocycles. The summed E-state index contributed by atoms with van der Waals surface area (Å²) in [5, 5.41) is 40.7. The number of esters is 4. The van der Waals surface area contributed by atoms with Gasteiger partial charge in [-0.2, -0.15) is 0 Å². The summed E-state index contributed by atoms with van der Waals surface area (Å²) in [4.78, 5) is 97.0. The molecule has 2 aromatic carbocycles. The fourth-order valence-corrected chi connectivity index (χ4v) is 10.9. The summed E-state index contributed by atoms with van der Waals surface area (Å²) in [6.45, 7) is 11.6. The van der Waals surface area contributed by atoms with Crippen molar-refractivity contribution in [1.82, 2.24) is 5.32 Å². The lowest BCUT2D eigenvalue weighted by atomic mass is 9.44. The smallest absolute Gasteiger partial charge is 0.408 e. The molecule has 7 rings (SSSR count). The van der Waals surface area contributed by atoms with Gasteiger partial charge in [-0.1, -0.05) is 62.4 Å². The Balaban J connectivity index is 1.38. The Morgan fingerprint density at radius 2 is 1.56 bits per heavy atom. The number of ether oxygens (including phenoxy) is 6. The van der Waals surface area contributed by atoms with Crippen molar-refractivity contribution in [3.05, 3.63) is 82.9 Å². The summed E-state index contributed by atoms with van der Waals surface area (Å²) in [7, 11) is 0. The number of carbonyl (C=O) groups is 7. The standard InChI is InChI=1S/C49H59NO16/c1-25-31(62-43(58)37(63-42(57)29-19-20-30(52)21-29)35(27-15-11-9-12-16-27)50-44(59)66-45(3,4)5)23-49(60)40(64-41(56)28-17-13-10-14-18-28)38-47(8,39(55)36(54)34(25)46(49,6)7)32(53)22-33-48(38,24-61-33)65-26(2)51/h9-18,29,31-33,35-38,40,53-54,60H,19-24H2,1-8H3,(H,50,59)/t29?,31-,32-,33+,35-,36+,37+,38-,40-,47+,48-,49+/m1/s1. The Kier molecular flexibility index (Phi) is 12.9. The molecule has 2 aromatic rings. The maximum atomic E-state index is 15.2. The third-order valence-electron chi connectivity index (χ3n) is 14.4. The van der Waals surface area contributed by atoms with E-state index in [2.05, 4.69) is 5.32 Å². The first kappa shape index (κ1) is 48.4. The zero-order valence-corrected chi connectivity index (χ0v) is 38.4. The molecule has 5 aliphatic rings. The molecule has 17 nitrogen and oxygen atoms in total. The Hall–Kier alpha value is -5.49. The van der Waals surface area contributed by atoms with Crippen LogP contribution in [-0.4, -0.2) is 117 Å². The molecule has 12 atom stereocenters. The zero-order chi connectivity index (χ0) is 48.3. The Morgan fingerprint density at radius 1 is 0.924 bits per heavy atom. The predicted molar refractivity (Wildman–Crippen MR) is 230 cm³/mol. The van der Waals surface area contributed by atoms with Crippen LogP contribution in [0.3, 0.4) is 0 Å². The number of ketones is 2. The quantitative estimate of drug-likeness (QED) is 0.148. The van der Waals surface area contributed by atoms with Crippen molar-refractivity contribution in [2.24, 2.45) is 22.7 Å². The number of fused-ring (bicyclic) bond motifs is 5. The van der Waals surface area contributed by atoms with Crippen LogP contribution < -0.4 is 5.32 Å². The molecule has 356 valence electrons. The average Bonchev–Trinajstić information content (AvgIpc) is 3.69. The zero-order valence-electron chi connectivity index (χ0n) is 38.4. The number of hydrogen-bond acceptors (Lipinski definition) is 16. The van der Waals surface area contributed by atoms with E-state index in [4.69, 9.17) is 28.4 Å². The van der Waals surface area contributed by atoms with Crippen LogP contribution in [0.1, 0.15) is 109 Å². The molecule has 4 N–H and O–H groups in total. The fraction of sp³-hybridized carbons (Fsp3) is 0.571. The molecular weight excluding hydrogens is 859 g/mol. The van der Waals surface area contributed by atoms with Gasteiger partial charge in [0.1, 0.15) is 47.4 Å². The van der Waals surface area contributed by atoms with E-state index >= 15 is 4.79 Å². The lowest BCUT2D eigenvalue weighted by molar-refractivity contribution is -0.346. The predicted octanol–water partition coefficient (Wildman–Crippen LogP) is 4.18. The normalized spacial score (nSPS) is 33.3. The van der Waals surface area contributed by atoms with Crippen LogP contribution in [0.15, 0.2) is 71.8 Å². The highest BCUT2D eigenvalue weighted by Crippen LogP contribution is 2.64. The van der Waals surface area contributed by atoms with Crippen LogP contribution in [0, 0.1) is 22.7 Å². The summed E-state index contributed by atoms with van der Waals surface area (Å²) in [5.41, 5.74) is -8.62. The minimum Gasteiger partial charge on any atom is -0.455 e. The second-order valence-corrected chi connectivity index (χ2v) is 20.0. The first-order valence-electron chi connectivity index (χ1n) is 22.2. The maximum absolute atomic E-state index is 15.2. The van der Waals surface area contributed by atoms with Gasteiger partial charge in [0, 0.05) is 38.0 Å². The Morgan fingerprint density at radius 3 is 2.12 bits per heavy atom. The molecule has 1 amide bonds. The number of rotatable bonds is 10. The van der Waals surface area contributed by atoms with E-state index < -0.39 is 124 Å². The van der Waals surface area contributed by atoms with E-state index in [-0.39, 0.29) is 54.8 Å². The molecule has 1 aliphatic heterocycles. The molecule has 66 heavy (non-hydrogen) atoms. The number of amides is 1. The highest BCUT2D eigenvalue weighted by Gasteiger charge is 2.78. The SMILES string of the molecule is CC(=O)O[C@]12CO[C@H]1C[C@@H](O)[C@]1(C)C(=O)[C@@H](O)C3=C(C)[C@H](OC(=O)[C@@H](OC(=O)C4CCC(=O)C4)[C@H](NC(=O)OC(C)(C)C)c4ccccc4)C[C@](O)([C@H](OC(=O)c4ccccc4)[C@@H]21)C3(C)C. The molecule has 2 bridgehead atoms. The summed E-state index contributed by atoms with van der Waals surface area (Å²) < 4.78 is 36.0. The molecule has 1 heterocycles. The lowest BCUT2D eigenvalue weighted by Gasteiger charge is -2.67. The third kappa shape index (κ3) is 8.43. The van der Waals surface area contributed by atoms with Gasteiger partial charge in [0.2, 0.25) is 6.10 Å². The topological polar surface area (TPSA) is 248 Å². The number of Topliss-reactive ketones (excluding diaryl/α,β-unsaturated/α-hetero) is 2. The van der Waals surface area contributed by atoms with Crippen molar-refractivity contribution in [1.29, 1.82) is 0 Å². The molecule has 3 saturated carbocycles. The number of benzene rings is 2. The molecule has 0 radical (unpaired) electrons. The van der Waals surface area contributed by atoms with Crippen LogP contribution in [0.2, 0.25) is 0 Å². The minimum absolute atomic E-state index is 0.0529. The Labute approximate surface area is 382 Å². The van der Waals surface area contributed by atoms with Gasteiger partial charge in [-0.25, -0.2) is 14.4 Å². The lowest BCUT2D eigenvalue weighted by Crippen LogP contribution is -2.81. The minimum atomic E-state index is -2.43. The van der Waals surface area contributed by atoms with Crippen molar-refractivity contribution < 1.29 is 77.3 Å². The van der Waals surface area contributed by atoms with Gasteiger partial charge in [0.25, 0.3) is 0 Å². The van der Waals surface area contributed by atoms with Gasteiger partial charge < -0.3 is 49.1 Å². The molecule has 4 fully saturated rings. The summed E-state index contributed by atoms with van der Waals surface area (Å²) in [6.07, 6.45) is -11.7. The summed E-state index contributed by atoms with van der Waals surface area (Å²) >= 11 is 0. The van der Waals surface area contributed by atoms with Crippen molar-refractivity contribution in [3.8, 4) is 0 Å². The fourth-order valence-electron chi connectivity index (χ4n) is 10.9. The van der Waals surface area contributed by atoms with Crippen LogP contribution in [0.4, 0.5) is 4.79 Å². The van der Waals surface area contributed by atoms with Crippen molar-refractivity contribution >= 4 is 41.5 Å². The van der Waals surface area contributed by atoms with Gasteiger partial charge in [-0.05, 0) is 69.9 Å². The number of hydrogen-bond donors (Lipinski definition) is 4. The highest BCUT2D eigenvalue weighted by molar-refractivity contribution is 5.94. The molecule has 0 spiro atoms. The number of alkyl carbamates (subject to hydrolysis) is 1. The van der Waals surface area contributed by atoms with Crippen LogP contribution >= 0.6 is 0 Å². The van der Waals surface area contributed by atoms with E-state index in [9.17, 15) is 44.1 Å². The van der Waals surface area contributed by atoms with Crippen molar-refractivity contribution in [2.75, 3.05) is 6.61 Å². The molecular formula is C49H59NO16. The average molecular weight is 918 g/mol. The molecule has 0 aromatic heterocycles. The van der Waals surface area contributed by atoms with Gasteiger partial charge in [-0.15, -0.1) is 0 Å². The van der Waals surface area contributed by atoms with Gasteiger partial charge >= 0.3 is 30.0 Å². The number of aliphatic hydroxyl groups is 3. The van der Waals surface area contributed by atoms with Gasteiger partial charge in [-0.3, -0.25) is 19.2 Å². The van der Waals surface area contributed by atoms with E-state index in [1.165, 1.54) is 39.8 Å². The van der Waals surface area contributed by atoms with E-state index in [0.29, 0.717) is 5.56 Å². The molecule has 17 heteroatoms. The first-order chi connectivity index (χ1) is 30.9. The van der Waals surface area contributed by atoms with Crippen LogP contribution in [0.25, 0.3) is 0 Å². The number of nitrogens with one attached hydrogen (secondary N) is 1. The van der Waals surface area contributed by atoms with Crippen LogP contribution in [0.5, 0.6) is 0 Å². The molecule has 1 unspecified atom stereocenters. The molecule has 4 aliphatic carbocycles. The summed E-state index contributed by atoms with van der Waals surface area (Å²) in [6, 6.07) is 14.4. The second kappa shape index (κ2) is 17.6. The van der Waals surface area contributed by atoms with E-state index in [0.717, 1.165) is 6.92 Å². The number of carbonyl (C=O) groups excluding carboxylic acids is 7. The highest BCUT2D eigenvalue weighted by atomic mass is 16.6. The van der Waals surface area contributed by atoms with Gasteiger partial charge in [0.05, 0.1) is 35.5 Å². The first-order valence-corrected chi connectivity index (χ1v) is 22.2. The summed E-state index contributed by atoms with van der Waals surface area (Å²) in [5.74, 6) is -7.48. The monoisotopic (exact) mass is 917 g/mol. The maximum Gasteiger partial charge on any atom is 0.408 e. The van der Waals surface area contributed by atoms with Crippen LogP contribution in [-0.2, 0) is 52.4 Å². The van der Waals surface area contributed by atoms with Gasteiger partial charge in [0.15, 0.2) is 11.4 Å².